The van der Waals surface area contributed by atoms with Crippen molar-refractivity contribution in [1.29, 1.82) is 0 Å². The fourth-order valence-electron chi connectivity index (χ4n) is 4.03. The van der Waals surface area contributed by atoms with Crippen molar-refractivity contribution in [1.82, 2.24) is 15.3 Å². The monoisotopic (exact) mass is 548 g/mol. The summed E-state index contributed by atoms with van der Waals surface area (Å²) in [6.07, 6.45) is 3.54. The fraction of sp³-hybridized carbons (Fsp3) is 0.300. The largest absolute Gasteiger partial charge is 0.493 e. The highest BCUT2D eigenvalue weighted by Gasteiger charge is 2.23. The molecule has 0 atom stereocenters. The molecular formula is C30H33FN4O5. The van der Waals surface area contributed by atoms with E-state index in [9.17, 15) is 14.0 Å². The van der Waals surface area contributed by atoms with E-state index in [0.717, 1.165) is 5.56 Å². The zero-order valence-corrected chi connectivity index (χ0v) is 23.0. The number of anilines is 1. The van der Waals surface area contributed by atoms with Gasteiger partial charge in [-0.15, -0.1) is 0 Å². The number of carbonyl (C=O) groups is 2. The lowest BCUT2D eigenvalue weighted by molar-refractivity contribution is 0.0225. The minimum absolute atomic E-state index is 0.133. The Morgan fingerprint density at radius 2 is 1.85 bits per heavy atom. The van der Waals surface area contributed by atoms with E-state index in [1.54, 1.807) is 36.4 Å². The predicted molar refractivity (Wildman–Crippen MR) is 149 cm³/mol. The van der Waals surface area contributed by atoms with Gasteiger partial charge in [0.15, 0.2) is 5.76 Å². The topological polar surface area (TPSA) is 106 Å². The number of halogens is 1. The third-order valence-corrected chi connectivity index (χ3v) is 5.86. The Bertz CT molecular complexity index is 1450. The summed E-state index contributed by atoms with van der Waals surface area (Å²) in [7, 11) is 0. The predicted octanol–water partition coefficient (Wildman–Crippen LogP) is 6.24. The van der Waals surface area contributed by atoms with Crippen LogP contribution in [0.4, 0.5) is 14.9 Å². The first-order valence-corrected chi connectivity index (χ1v) is 12.9. The number of nitrogens with one attached hydrogen (secondary N) is 2. The third-order valence-electron chi connectivity index (χ3n) is 5.86. The van der Waals surface area contributed by atoms with Crippen LogP contribution < -0.4 is 15.6 Å². The van der Waals surface area contributed by atoms with Gasteiger partial charge in [0.05, 0.1) is 24.2 Å². The molecule has 2 heterocycles. The SMILES string of the molecule is Cc1c(C(=O)NNc2ccc(F)cc2)oc2cccc(OCCCN(Cc3cccnc3)C(=O)OC(C)(C)C)c12. The summed E-state index contributed by atoms with van der Waals surface area (Å²) < 4.78 is 30.6. The molecule has 0 bridgehead atoms. The molecule has 0 saturated carbocycles. The summed E-state index contributed by atoms with van der Waals surface area (Å²) in [4.78, 5) is 31.4. The van der Waals surface area contributed by atoms with Gasteiger partial charge in [-0.2, -0.15) is 0 Å². The number of benzene rings is 2. The van der Waals surface area contributed by atoms with Crippen molar-refractivity contribution in [2.45, 2.75) is 46.3 Å². The van der Waals surface area contributed by atoms with Gasteiger partial charge in [-0.25, -0.2) is 9.18 Å². The smallest absolute Gasteiger partial charge is 0.410 e. The zero-order chi connectivity index (χ0) is 28.7. The number of hydrogen-bond acceptors (Lipinski definition) is 7. The molecule has 40 heavy (non-hydrogen) atoms. The normalized spacial score (nSPS) is 11.2. The second kappa shape index (κ2) is 12.5. The second-order valence-corrected chi connectivity index (χ2v) is 10.2. The molecule has 2 amide bonds. The van der Waals surface area contributed by atoms with Crippen LogP contribution in [0.1, 0.15) is 48.9 Å². The molecule has 2 aromatic carbocycles. The first-order valence-electron chi connectivity index (χ1n) is 12.9. The van der Waals surface area contributed by atoms with E-state index in [2.05, 4.69) is 15.8 Å². The first-order chi connectivity index (χ1) is 19.1. The summed E-state index contributed by atoms with van der Waals surface area (Å²) in [5.41, 5.74) is 7.25. The van der Waals surface area contributed by atoms with Crippen LogP contribution in [0.15, 0.2) is 71.4 Å². The number of amides is 2. The number of pyridine rings is 1. The van der Waals surface area contributed by atoms with Gasteiger partial charge in [-0.1, -0.05) is 12.1 Å². The molecule has 0 aliphatic rings. The minimum atomic E-state index is -0.617. The van der Waals surface area contributed by atoms with Crippen molar-refractivity contribution in [3.05, 3.63) is 89.7 Å². The molecule has 9 nitrogen and oxygen atoms in total. The van der Waals surface area contributed by atoms with Gasteiger partial charge in [-0.05, 0) is 82.1 Å². The van der Waals surface area contributed by atoms with Gasteiger partial charge in [-0.3, -0.25) is 20.6 Å². The molecule has 0 aliphatic carbocycles. The van der Waals surface area contributed by atoms with Crippen molar-refractivity contribution >= 4 is 28.7 Å². The average molecular weight is 549 g/mol. The number of hydrazine groups is 1. The number of aryl methyl sites for hydroxylation is 1. The third kappa shape index (κ3) is 7.49. The summed E-state index contributed by atoms with van der Waals surface area (Å²) >= 11 is 0. The molecule has 0 saturated heterocycles. The second-order valence-electron chi connectivity index (χ2n) is 10.2. The van der Waals surface area contributed by atoms with Crippen LogP contribution in [0, 0.1) is 12.7 Å². The van der Waals surface area contributed by atoms with Gasteiger partial charge in [0.2, 0.25) is 0 Å². The van der Waals surface area contributed by atoms with Crippen molar-refractivity contribution < 1.29 is 27.9 Å². The first kappa shape index (κ1) is 28.4. The van der Waals surface area contributed by atoms with Gasteiger partial charge >= 0.3 is 12.0 Å². The van der Waals surface area contributed by atoms with E-state index in [1.165, 1.54) is 24.3 Å². The van der Waals surface area contributed by atoms with E-state index in [1.807, 2.05) is 39.0 Å². The maximum absolute atomic E-state index is 13.1. The van der Waals surface area contributed by atoms with Crippen LogP contribution in [0.5, 0.6) is 5.75 Å². The van der Waals surface area contributed by atoms with E-state index < -0.39 is 17.6 Å². The van der Waals surface area contributed by atoms with Crippen LogP contribution >= 0.6 is 0 Å². The van der Waals surface area contributed by atoms with Crippen LogP contribution in [0.2, 0.25) is 0 Å². The molecule has 0 aliphatic heterocycles. The Balaban J connectivity index is 1.40. The van der Waals surface area contributed by atoms with E-state index >= 15 is 0 Å². The minimum Gasteiger partial charge on any atom is -0.493 e. The number of rotatable bonds is 10. The molecule has 2 N–H and O–H groups in total. The maximum Gasteiger partial charge on any atom is 0.410 e. The number of carbonyl (C=O) groups excluding carboxylic acids is 2. The summed E-state index contributed by atoms with van der Waals surface area (Å²) in [5.74, 6) is -0.149. The molecule has 10 heteroatoms. The highest BCUT2D eigenvalue weighted by molar-refractivity contribution is 6.01. The quantitative estimate of drug-likeness (QED) is 0.179. The average Bonchev–Trinajstić information content (AvgIpc) is 3.26. The Labute approximate surface area is 232 Å². The van der Waals surface area contributed by atoms with Crippen molar-refractivity contribution in [3.63, 3.8) is 0 Å². The zero-order valence-electron chi connectivity index (χ0n) is 23.0. The van der Waals surface area contributed by atoms with Crippen LogP contribution in [-0.2, 0) is 11.3 Å². The highest BCUT2D eigenvalue weighted by Crippen LogP contribution is 2.33. The van der Waals surface area contributed by atoms with Crippen LogP contribution in [0.25, 0.3) is 11.0 Å². The molecule has 2 aromatic heterocycles. The number of ether oxygens (including phenoxy) is 2. The molecule has 0 radical (unpaired) electrons. The highest BCUT2D eigenvalue weighted by atomic mass is 19.1. The van der Waals surface area contributed by atoms with E-state index in [4.69, 9.17) is 13.9 Å². The lowest BCUT2D eigenvalue weighted by Gasteiger charge is -2.27. The molecular weight excluding hydrogens is 515 g/mol. The van der Waals surface area contributed by atoms with Crippen molar-refractivity contribution in [3.8, 4) is 5.75 Å². The lowest BCUT2D eigenvalue weighted by atomic mass is 10.1. The molecule has 210 valence electrons. The van der Waals surface area contributed by atoms with Gasteiger partial charge < -0.3 is 18.8 Å². The number of nitrogens with zero attached hydrogens (tertiary/aromatic N) is 2. The number of fused-ring (bicyclic) bond motifs is 1. The molecule has 4 aromatic rings. The van der Waals surface area contributed by atoms with E-state index in [-0.39, 0.29) is 11.6 Å². The van der Waals surface area contributed by atoms with Crippen LogP contribution in [0.3, 0.4) is 0 Å². The Morgan fingerprint density at radius 3 is 2.55 bits per heavy atom. The lowest BCUT2D eigenvalue weighted by Crippen LogP contribution is -2.37. The summed E-state index contributed by atoms with van der Waals surface area (Å²) in [5, 5.41) is 0.689. The number of hydrogen-bond donors (Lipinski definition) is 2. The molecule has 0 fully saturated rings. The number of aromatic nitrogens is 1. The van der Waals surface area contributed by atoms with Gasteiger partial charge in [0.1, 0.15) is 22.8 Å². The molecule has 0 spiro atoms. The Hall–Kier alpha value is -4.60. The maximum atomic E-state index is 13.1. The molecule has 4 rings (SSSR count). The Morgan fingerprint density at radius 1 is 1.07 bits per heavy atom. The van der Waals surface area contributed by atoms with Gasteiger partial charge in [0, 0.05) is 24.5 Å². The fourth-order valence-corrected chi connectivity index (χ4v) is 4.03. The van der Waals surface area contributed by atoms with Gasteiger partial charge in [0.25, 0.3) is 0 Å². The standard InChI is InChI=1S/C30H33FN4O5/c1-20-26-24(9-5-10-25(26)39-27(20)28(36)34-33-23-13-11-22(31)12-14-23)38-17-7-16-35(29(37)40-30(2,3)4)19-21-8-6-15-32-18-21/h5-6,8-15,18,33H,7,16-17,19H2,1-4H3,(H,34,36). The van der Waals surface area contributed by atoms with Crippen molar-refractivity contribution in [2.75, 3.05) is 18.6 Å². The van der Waals surface area contributed by atoms with E-state index in [0.29, 0.717) is 54.1 Å². The van der Waals surface area contributed by atoms with Crippen LogP contribution in [-0.4, -0.2) is 40.6 Å². The summed E-state index contributed by atoms with van der Waals surface area (Å²) in [6.45, 7) is 8.37. The molecule has 0 unspecified atom stereocenters. The van der Waals surface area contributed by atoms with Crippen molar-refractivity contribution in [2.24, 2.45) is 0 Å². The summed E-state index contributed by atoms with van der Waals surface area (Å²) in [6, 6.07) is 14.7. The Kier molecular flexibility index (Phi) is 8.88. The number of furan rings is 1.